The topological polar surface area (TPSA) is 46.7 Å². The van der Waals surface area contributed by atoms with Gasteiger partial charge in [-0.2, -0.15) is 0 Å². The Morgan fingerprint density at radius 1 is 1.78 bits per heavy atom. The van der Waals surface area contributed by atoms with Crippen LogP contribution >= 0.6 is 0 Å². The van der Waals surface area contributed by atoms with Gasteiger partial charge in [0, 0.05) is 32.7 Å². The van der Waals surface area contributed by atoms with E-state index in [1.165, 1.54) is 0 Å². The minimum atomic E-state index is -0.585. The number of hydrogen-bond acceptors (Lipinski definition) is 2. The maximum absolute atomic E-state index is 8.54. The van der Waals surface area contributed by atoms with Gasteiger partial charge in [-0.05, 0) is 19.4 Å². The van der Waals surface area contributed by atoms with E-state index in [9.17, 15) is 0 Å². The predicted molar refractivity (Wildman–Crippen MR) is 34.1 cm³/mol. The fourth-order valence-electron chi connectivity index (χ4n) is 0.247. The van der Waals surface area contributed by atoms with E-state index in [4.69, 9.17) is 5.11 Å². The van der Waals surface area contributed by atoms with E-state index in [0.29, 0.717) is 6.67 Å². The van der Waals surface area contributed by atoms with Gasteiger partial charge >= 0.3 is 0 Å². The molecule has 0 saturated carbocycles. The summed E-state index contributed by atoms with van der Waals surface area (Å²) < 4.78 is 0. The van der Waals surface area contributed by atoms with Gasteiger partial charge in [-0.1, -0.05) is 13.6 Å². The average molecular weight is 204 g/mol. The van der Waals surface area contributed by atoms with E-state index < -0.39 is 6.23 Å². The zero-order valence-electron chi connectivity index (χ0n) is 5.78. The molecule has 0 aliphatic heterocycles. The summed E-state index contributed by atoms with van der Waals surface area (Å²) in [5.41, 5.74) is 0. The van der Waals surface area contributed by atoms with Crippen molar-refractivity contribution in [3.8, 4) is 0 Å². The molecule has 9 heavy (non-hydrogen) atoms. The third kappa shape index (κ3) is 12.0. The van der Waals surface area contributed by atoms with Crippen molar-refractivity contribution < 1.29 is 37.8 Å². The van der Waals surface area contributed by atoms with Crippen LogP contribution in [0.5, 0.6) is 0 Å². The summed E-state index contributed by atoms with van der Waals surface area (Å²) in [5.74, 6) is 0. The van der Waals surface area contributed by atoms with Crippen LogP contribution in [0.2, 0.25) is 0 Å². The summed E-state index contributed by atoms with van der Waals surface area (Å²) in [5, 5.41) is 12.2. The minimum Gasteiger partial charge on any atom is -0.618 e. The predicted octanol–water partition coefficient (Wildman–Crippen LogP) is 0.744. The maximum atomic E-state index is 8.54. The Balaban J connectivity index is 0. The van der Waals surface area contributed by atoms with Crippen LogP contribution in [0.25, 0.3) is 5.32 Å². The van der Waals surface area contributed by atoms with E-state index in [-0.39, 0.29) is 32.7 Å². The summed E-state index contributed by atoms with van der Waals surface area (Å²) in [7, 11) is 0. The van der Waals surface area contributed by atoms with E-state index in [2.05, 4.69) is 10.3 Å². The summed E-state index contributed by atoms with van der Waals surface area (Å²) in [4.78, 5) is 3.76. The first-order chi connectivity index (χ1) is 3.77. The van der Waals surface area contributed by atoms with Crippen molar-refractivity contribution in [3.05, 3.63) is 5.32 Å². The van der Waals surface area contributed by atoms with E-state index in [1.54, 1.807) is 13.1 Å². The molecule has 0 amide bonds. The Labute approximate surface area is 80.8 Å². The first-order valence-corrected chi connectivity index (χ1v) is 2.56. The smallest absolute Gasteiger partial charge is 0 e. The number of aliphatic hydroxyl groups is 1. The first kappa shape index (κ1) is 12.4. The molecular weight excluding hydrogens is 193 g/mol. The second-order valence-corrected chi connectivity index (χ2v) is 1.40. The Hall–Kier alpha value is 0.694. The maximum Gasteiger partial charge on any atom is 0 e. The molecule has 3 nitrogen and oxygen atoms in total. The van der Waals surface area contributed by atoms with Gasteiger partial charge in [0.25, 0.3) is 0 Å². The van der Waals surface area contributed by atoms with Gasteiger partial charge in [0.1, 0.15) is 0 Å². The molecule has 0 aromatic heterocycles. The van der Waals surface area contributed by atoms with E-state index >= 15 is 0 Å². The SMILES string of the molecule is CC=NC[N-]C(C)O.[Y]. The molecule has 4 heteroatoms. The Kier molecular flexibility index (Phi) is 12.0. The third-order valence-electron chi connectivity index (χ3n) is 0.610. The molecule has 1 radical (unpaired) electrons. The van der Waals surface area contributed by atoms with Crippen molar-refractivity contribution in [2.75, 3.05) is 6.67 Å². The molecule has 0 aliphatic carbocycles. The van der Waals surface area contributed by atoms with Gasteiger partial charge in [-0.25, -0.2) is 0 Å². The van der Waals surface area contributed by atoms with Crippen LogP contribution in [0, 0.1) is 0 Å². The number of rotatable bonds is 3. The molecule has 1 unspecified atom stereocenters. The van der Waals surface area contributed by atoms with Gasteiger partial charge in [0.05, 0.1) is 0 Å². The van der Waals surface area contributed by atoms with Crippen molar-refractivity contribution in [1.29, 1.82) is 0 Å². The van der Waals surface area contributed by atoms with Crippen molar-refractivity contribution in [1.82, 2.24) is 0 Å². The largest absolute Gasteiger partial charge is 0.618 e. The summed E-state index contributed by atoms with van der Waals surface area (Å²) >= 11 is 0. The normalized spacial score (nSPS) is 13.2. The molecular formula is C5H11N2OY-. The standard InChI is InChI=1S/C5H11N2O.Y/c1-3-6-4-7-5(2)8;/h3,5,8H,4H2,1-2H3;/q-1;. The van der Waals surface area contributed by atoms with Gasteiger partial charge in [-0.3, -0.25) is 0 Å². The van der Waals surface area contributed by atoms with Crippen LogP contribution in [0.4, 0.5) is 0 Å². The van der Waals surface area contributed by atoms with E-state index in [0.717, 1.165) is 0 Å². The number of nitrogens with zero attached hydrogens (tertiary/aromatic N) is 2. The fourth-order valence-corrected chi connectivity index (χ4v) is 0.247. The van der Waals surface area contributed by atoms with Gasteiger partial charge in [0.15, 0.2) is 0 Å². The quantitative estimate of drug-likeness (QED) is 0.677. The Bertz CT molecular complexity index is 75.4. The van der Waals surface area contributed by atoms with Crippen LogP contribution in [-0.2, 0) is 32.7 Å². The van der Waals surface area contributed by atoms with Crippen molar-refractivity contribution in [3.63, 3.8) is 0 Å². The molecule has 51 valence electrons. The van der Waals surface area contributed by atoms with Crippen LogP contribution in [0.15, 0.2) is 4.99 Å². The van der Waals surface area contributed by atoms with Crippen molar-refractivity contribution in [2.24, 2.45) is 4.99 Å². The van der Waals surface area contributed by atoms with Crippen LogP contribution in [0.1, 0.15) is 13.8 Å². The molecule has 0 rings (SSSR count). The van der Waals surface area contributed by atoms with Crippen LogP contribution in [-0.4, -0.2) is 24.2 Å². The molecule has 0 saturated heterocycles. The second kappa shape index (κ2) is 8.69. The average Bonchev–Trinajstić information content (AvgIpc) is 1.66. The van der Waals surface area contributed by atoms with Crippen LogP contribution in [0.3, 0.4) is 0 Å². The number of aliphatic imine (C=N–C) groups is 1. The third-order valence-corrected chi connectivity index (χ3v) is 0.610. The molecule has 0 aromatic rings. The zero-order chi connectivity index (χ0) is 6.41. The zero-order valence-corrected chi connectivity index (χ0v) is 8.62. The monoisotopic (exact) mass is 204 g/mol. The summed E-state index contributed by atoms with van der Waals surface area (Å²) in [6.07, 6.45) is 1.07. The molecule has 0 fully saturated rings. The van der Waals surface area contributed by atoms with Gasteiger partial charge in [0.2, 0.25) is 0 Å². The second-order valence-electron chi connectivity index (χ2n) is 1.40. The molecule has 0 aromatic carbocycles. The number of aliphatic hydroxyl groups excluding tert-OH is 1. The Morgan fingerprint density at radius 2 is 2.33 bits per heavy atom. The number of hydrogen-bond donors (Lipinski definition) is 1. The molecule has 0 bridgehead atoms. The van der Waals surface area contributed by atoms with Gasteiger partial charge < -0.3 is 15.4 Å². The minimum absolute atomic E-state index is 0. The fraction of sp³-hybridized carbons (Fsp3) is 0.800. The molecule has 1 N–H and O–H groups in total. The molecule has 0 heterocycles. The summed E-state index contributed by atoms with van der Waals surface area (Å²) in [6.45, 7) is 3.79. The van der Waals surface area contributed by atoms with Crippen molar-refractivity contribution in [2.45, 2.75) is 20.1 Å². The van der Waals surface area contributed by atoms with Crippen LogP contribution < -0.4 is 0 Å². The molecule has 0 spiro atoms. The van der Waals surface area contributed by atoms with E-state index in [1.807, 2.05) is 6.92 Å². The molecule has 1 atom stereocenters. The van der Waals surface area contributed by atoms with Crippen molar-refractivity contribution >= 4 is 6.21 Å². The molecule has 0 aliphatic rings. The first-order valence-electron chi connectivity index (χ1n) is 2.56. The summed E-state index contributed by atoms with van der Waals surface area (Å²) in [6, 6.07) is 0. The van der Waals surface area contributed by atoms with Gasteiger partial charge in [-0.15, -0.1) is 0 Å². The Morgan fingerprint density at radius 3 is 2.67 bits per heavy atom.